The van der Waals surface area contributed by atoms with Gasteiger partial charge in [0.2, 0.25) is 0 Å². The van der Waals surface area contributed by atoms with Crippen molar-refractivity contribution in [3.8, 4) is 11.5 Å². The van der Waals surface area contributed by atoms with E-state index in [2.05, 4.69) is 0 Å². The predicted octanol–water partition coefficient (Wildman–Crippen LogP) is 3.32. The van der Waals surface area contributed by atoms with E-state index in [1.165, 1.54) is 30.3 Å². The van der Waals surface area contributed by atoms with Crippen LogP contribution in [0.15, 0.2) is 42.5 Å². The Kier molecular flexibility index (Phi) is 3.86. The summed E-state index contributed by atoms with van der Waals surface area (Å²) in [5.74, 6) is 0.584. The van der Waals surface area contributed by atoms with E-state index in [1.54, 1.807) is 12.1 Å². The summed E-state index contributed by atoms with van der Waals surface area (Å²) in [7, 11) is 0. The van der Waals surface area contributed by atoms with Gasteiger partial charge in [-0.05, 0) is 30.3 Å². The summed E-state index contributed by atoms with van der Waals surface area (Å²) in [5, 5.41) is 18.5. The SMILES string of the molecule is N=C(N)c1cc(Cl)ccc1Oc1ccc([N+](=O)[O-])cc1. The standard InChI is InChI=1S/C13H10ClN3O3/c14-8-1-6-12(11(7-8)13(15)16)20-10-4-2-9(3-5-10)17(18)19/h1-7H,(H3,15,16). The van der Waals surface area contributed by atoms with Crippen molar-refractivity contribution in [2.24, 2.45) is 5.73 Å². The van der Waals surface area contributed by atoms with Crippen LogP contribution in [-0.4, -0.2) is 10.8 Å². The summed E-state index contributed by atoms with van der Waals surface area (Å²) in [4.78, 5) is 10.1. The van der Waals surface area contributed by atoms with Crippen LogP contribution in [0.3, 0.4) is 0 Å². The summed E-state index contributed by atoms with van der Waals surface area (Å²) < 4.78 is 5.56. The van der Waals surface area contributed by atoms with Gasteiger partial charge in [0.1, 0.15) is 17.3 Å². The number of nitrogens with zero attached hydrogens (tertiary/aromatic N) is 1. The molecule has 0 heterocycles. The second kappa shape index (κ2) is 5.58. The first-order chi connectivity index (χ1) is 9.47. The van der Waals surface area contributed by atoms with E-state index in [9.17, 15) is 10.1 Å². The molecule has 102 valence electrons. The fraction of sp³-hybridized carbons (Fsp3) is 0. The van der Waals surface area contributed by atoms with Crippen molar-refractivity contribution in [3.05, 3.63) is 63.2 Å². The molecule has 0 aliphatic carbocycles. The van der Waals surface area contributed by atoms with E-state index in [-0.39, 0.29) is 11.5 Å². The zero-order chi connectivity index (χ0) is 14.7. The van der Waals surface area contributed by atoms with Gasteiger partial charge in [-0.25, -0.2) is 0 Å². The van der Waals surface area contributed by atoms with Crippen LogP contribution in [0.2, 0.25) is 5.02 Å². The Balaban J connectivity index is 2.30. The molecule has 6 nitrogen and oxygen atoms in total. The third-order valence-electron chi connectivity index (χ3n) is 2.51. The number of nitro benzene ring substituents is 1. The molecule has 2 aromatic carbocycles. The van der Waals surface area contributed by atoms with Gasteiger partial charge in [-0.3, -0.25) is 15.5 Å². The van der Waals surface area contributed by atoms with Gasteiger partial charge in [-0.1, -0.05) is 11.6 Å². The molecule has 0 aliphatic rings. The Bertz CT molecular complexity index is 671. The Morgan fingerprint density at radius 2 is 1.90 bits per heavy atom. The largest absolute Gasteiger partial charge is 0.457 e. The minimum absolute atomic E-state index is 0.0275. The molecule has 0 atom stereocenters. The molecule has 0 spiro atoms. The highest BCUT2D eigenvalue weighted by Gasteiger charge is 2.10. The maximum Gasteiger partial charge on any atom is 0.269 e. The maximum atomic E-state index is 10.6. The lowest BCUT2D eigenvalue weighted by Crippen LogP contribution is -2.12. The van der Waals surface area contributed by atoms with Crippen LogP contribution in [0, 0.1) is 15.5 Å². The smallest absolute Gasteiger partial charge is 0.269 e. The molecule has 20 heavy (non-hydrogen) atoms. The van der Waals surface area contributed by atoms with Gasteiger partial charge in [0.05, 0.1) is 10.5 Å². The number of benzene rings is 2. The molecular weight excluding hydrogens is 282 g/mol. The van der Waals surface area contributed by atoms with E-state index in [0.29, 0.717) is 22.1 Å². The third kappa shape index (κ3) is 3.04. The molecular formula is C13H10ClN3O3. The molecule has 0 aliphatic heterocycles. The van der Waals surface area contributed by atoms with Crippen molar-refractivity contribution >= 4 is 23.1 Å². The number of hydrogen-bond acceptors (Lipinski definition) is 4. The predicted molar refractivity (Wildman–Crippen MR) is 75.6 cm³/mol. The highest BCUT2D eigenvalue weighted by atomic mass is 35.5. The Hall–Kier alpha value is -2.60. The Labute approximate surface area is 119 Å². The molecule has 0 unspecified atom stereocenters. The van der Waals surface area contributed by atoms with Crippen molar-refractivity contribution in [3.63, 3.8) is 0 Å². The minimum Gasteiger partial charge on any atom is -0.457 e. The molecule has 0 fully saturated rings. The number of nitrogens with two attached hydrogens (primary N) is 1. The zero-order valence-corrected chi connectivity index (χ0v) is 10.9. The van der Waals surface area contributed by atoms with Crippen LogP contribution in [0.5, 0.6) is 11.5 Å². The van der Waals surface area contributed by atoms with Gasteiger partial charge < -0.3 is 10.5 Å². The Morgan fingerprint density at radius 1 is 1.25 bits per heavy atom. The van der Waals surface area contributed by atoms with E-state index in [4.69, 9.17) is 27.5 Å². The molecule has 0 saturated heterocycles. The topological polar surface area (TPSA) is 102 Å². The number of ether oxygens (including phenoxy) is 1. The number of halogens is 1. The molecule has 0 amide bonds. The molecule has 3 N–H and O–H groups in total. The molecule has 0 aromatic heterocycles. The molecule has 2 rings (SSSR count). The molecule has 0 saturated carbocycles. The van der Waals surface area contributed by atoms with Crippen molar-refractivity contribution in [1.82, 2.24) is 0 Å². The average Bonchev–Trinajstić information content (AvgIpc) is 2.41. The van der Waals surface area contributed by atoms with Gasteiger partial charge in [-0.2, -0.15) is 0 Å². The molecule has 7 heteroatoms. The molecule has 0 radical (unpaired) electrons. The number of nitrogens with one attached hydrogen (secondary N) is 1. The van der Waals surface area contributed by atoms with Crippen LogP contribution in [0.25, 0.3) is 0 Å². The first kappa shape index (κ1) is 13.8. The van der Waals surface area contributed by atoms with E-state index in [1.807, 2.05) is 0 Å². The fourth-order valence-electron chi connectivity index (χ4n) is 1.56. The number of amidine groups is 1. The first-order valence-electron chi connectivity index (χ1n) is 5.53. The van der Waals surface area contributed by atoms with Gasteiger partial charge >= 0.3 is 0 Å². The lowest BCUT2D eigenvalue weighted by molar-refractivity contribution is -0.384. The highest BCUT2D eigenvalue weighted by Crippen LogP contribution is 2.28. The van der Waals surface area contributed by atoms with Crippen LogP contribution in [0.4, 0.5) is 5.69 Å². The summed E-state index contributed by atoms with van der Waals surface area (Å²) in [5.41, 5.74) is 5.79. The monoisotopic (exact) mass is 291 g/mol. The van der Waals surface area contributed by atoms with Crippen molar-refractivity contribution in [2.45, 2.75) is 0 Å². The lowest BCUT2D eigenvalue weighted by atomic mass is 10.2. The van der Waals surface area contributed by atoms with Crippen molar-refractivity contribution in [1.29, 1.82) is 5.41 Å². The lowest BCUT2D eigenvalue weighted by Gasteiger charge is -2.10. The number of nitro groups is 1. The zero-order valence-electron chi connectivity index (χ0n) is 10.2. The van der Waals surface area contributed by atoms with E-state index in [0.717, 1.165) is 0 Å². The van der Waals surface area contributed by atoms with Gasteiger partial charge in [0.15, 0.2) is 0 Å². The number of rotatable bonds is 4. The third-order valence-corrected chi connectivity index (χ3v) is 2.74. The highest BCUT2D eigenvalue weighted by molar-refractivity contribution is 6.31. The van der Waals surface area contributed by atoms with Crippen LogP contribution < -0.4 is 10.5 Å². The van der Waals surface area contributed by atoms with E-state index < -0.39 is 4.92 Å². The fourth-order valence-corrected chi connectivity index (χ4v) is 1.74. The van der Waals surface area contributed by atoms with Gasteiger partial charge in [0, 0.05) is 17.2 Å². The van der Waals surface area contributed by atoms with Crippen molar-refractivity contribution in [2.75, 3.05) is 0 Å². The quantitative estimate of drug-likeness (QED) is 0.390. The van der Waals surface area contributed by atoms with Crippen LogP contribution in [-0.2, 0) is 0 Å². The Morgan fingerprint density at radius 3 is 2.45 bits per heavy atom. The number of non-ortho nitro benzene ring substituents is 1. The van der Waals surface area contributed by atoms with Gasteiger partial charge in [0.25, 0.3) is 5.69 Å². The van der Waals surface area contributed by atoms with E-state index >= 15 is 0 Å². The second-order valence-corrected chi connectivity index (χ2v) is 4.34. The van der Waals surface area contributed by atoms with Crippen LogP contribution >= 0.6 is 11.6 Å². The maximum absolute atomic E-state index is 10.6. The summed E-state index contributed by atoms with van der Waals surface area (Å²) >= 11 is 5.84. The summed E-state index contributed by atoms with van der Waals surface area (Å²) in [6, 6.07) is 10.3. The number of nitrogen functional groups attached to an aromatic ring is 1. The summed E-state index contributed by atoms with van der Waals surface area (Å²) in [6.07, 6.45) is 0. The minimum atomic E-state index is -0.493. The molecule has 2 aromatic rings. The normalized spacial score (nSPS) is 10.1. The first-order valence-corrected chi connectivity index (χ1v) is 5.91. The van der Waals surface area contributed by atoms with Crippen LogP contribution in [0.1, 0.15) is 5.56 Å². The average molecular weight is 292 g/mol. The molecule has 0 bridgehead atoms. The van der Waals surface area contributed by atoms with Gasteiger partial charge in [-0.15, -0.1) is 0 Å². The summed E-state index contributed by atoms with van der Waals surface area (Å²) in [6.45, 7) is 0. The second-order valence-electron chi connectivity index (χ2n) is 3.91. The number of hydrogen-bond donors (Lipinski definition) is 2. The van der Waals surface area contributed by atoms with Crippen molar-refractivity contribution < 1.29 is 9.66 Å².